The molecule has 1 heteroatoms. The van der Waals surface area contributed by atoms with Crippen molar-refractivity contribution in [3.05, 3.63) is 34.9 Å². The molecule has 1 unspecified atom stereocenters. The van der Waals surface area contributed by atoms with Gasteiger partial charge in [-0.05, 0) is 48.4 Å². The van der Waals surface area contributed by atoms with Crippen LogP contribution in [-0.4, -0.2) is 6.54 Å². The molecule has 2 rings (SSSR count). The van der Waals surface area contributed by atoms with Crippen LogP contribution in [0.15, 0.2) is 18.2 Å². The Morgan fingerprint density at radius 2 is 2.19 bits per heavy atom. The summed E-state index contributed by atoms with van der Waals surface area (Å²) in [5.41, 5.74) is 4.60. The molecule has 0 radical (unpaired) electrons. The number of hydrogen-bond donors (Lipinski definition) is 1. The summed E-state index contributed by atoms with van der Waals surface area (Å²) in [5, 5.41) is 3.61. The van der Waals surface area contributed by atoms with Gasteiger partial charge >= 0.3 is 0 Å². The summed E-state index contributed by atoms with van der Waals surface area (Å²) in [4.78, 5) is 0. The highest BCUT2D eigenvalue weighted by molar-refractivity contribution is 5.36. The number of hydrogen-bond acceptors (Lipinski definition) is 1. The fraction of sp³-hybridized carbons (Fsp3) is 0.600. The number of nitrogens with one attached hydrogen (secondary N) is 1. The highest BCUT2D eigenvalue weighted by atomic mass is 14.9. The molecule has 1 aliphatic heterocycles. The van der Waals surface area contributed by atoms with Gasteiger partial charge in [0.25, 0.3) is 0 Å². The highest BCUT2D eigenvalue weighted by Gasteiger charge is 2.18. The van der Waals surface area contributed by atoms with Crippen molar-refractivity contribution in [1.29, 1.82) is 0 Å². The molecule has 0 saturated carbocycles. The van der Waals surface area contributed by atoms with E-state index in [1.807, 2.05) is 0 Å². The Hall–Kier alpha value is -0.820. The van der Waals surface area contributed by atoms with Crippen LogP contribution in [0.2, 0.25) is 0 Å². The maximum Gasteiger partial charge on any atom is 0.0320 e. The average molecular weight is 217 g/mol. The van der Waals surface area contributed by atoms with Crippen LogP contribution in [0, 0.1) is 5.92 Å². The summed E-state index contributed by atoms with van der Waals surface area (Å²) in [6.45, 7) is 7.97. The third-order valence-corrected chi connectivity index (χ3v) is 3.42. The first-order valence-corrected chi connectivity index (χ1v) is 6.55. The van der Waals surface area contributed by atoms with Gasteiger partial charge in [-0.25, -0.2) is 0 Å². The normalized spacial score (nSPS) is 19.9. The lowest BCUT2D eigenvalue weighted by Gasteiger charge is -2.26. The molecule has 16 heavy (non-hydrogen) atoms. The second-order valence-corrected chi connectivity index (χ2v) is 5.30. The maximum absolute atomic E-state index is 3.61. The van der Waals surface area contributed by atoms with Crippen molar-refractivity contribution in [2.45, 2.75) is 46.1 Å². The Morgan fingerprint density at radius 1 is 1.38 bits per heavy atom. The van der Waals surface area contributed by atoms with Crippen LogP contribution in [0.3, 0.4) is 0 Å². The Morgan fingerprint density at radius 3 is 2.88 bits per heavy atom. The van der Waals surface area contributed by atoms with E-state index in [0.29, 0.717) is 6.04 Å². The van der Waals surface area contributed by atoms with E-state index in [1.165, 1.54) is 24.8 Å². The fourth-order valence-corrected chi connectivity index (χ4v) is 2.65. The molecule has 1 heterocycles. The molecule has 1 aromatic carbocycles. The van der Waals surface area contributed by atoms with Gasteiger partial charge in [-0.3, -0.25) is 0 Å². The van der Waals surface area contributed by atoms with Gasteiger partial charge in [-0.1, -0.05) is 39.0 Å². The van der Waals surface area contributed by atoms with Gasteiger partial charge in [0.15, 0.2) is 0 Å². The molecule has 0 aromatic heterocycles. The van der Waals surface area contributed by atoms with Crippen LogP contribution in [0.5, 0.6) is 0 Å². The van der Waals surface area contributed by atoms with E-state index in [4.69, 9.17) is 0 Å². The van der Waals surface area contributed by atoms with E-state index in [2.05, 4.69) is 44.3 Å². The standard InChI is InChI=1S/C15H23N/c1-4-15-14-10-12(9-11(2)3)5-6-13(14)7-8-16-15/h5-6,10-11,15-16H,4,7-9H2,1-3H3. The Kier molecular flexibility index (Phi) is 3.65. The minimum atomic E-state index is 0.580. The lowest BCUT2D eigenvalue weighted by molar-refractivity contribution is 0.491. The van der Waals surface area contributed by atoms with Crippen LogP contribution in [0.4, 0.5) is 0 Å². The van der Waals surface area contributed by atoms with Crippen molar-refractivity contribution >= 4 is 0 Å². The minimum absolute atomic E-state index is 0.580. The van der Waals surface area contributed by atoms with E-state index >= 15 is 0 Å². The largest absolute Gasteiger partial charge is 0.310 e. The zero-order valence-corrected chi connectivity index (χ0v) is 10.7. The lowest BCUT2D eigenvalue weighted by atomic mass is 9.89. The minimum Gasteiger partial charge on any atom is -0.310 e. The van der Waals surface area contributed by atoms with Crippen molar-refractivity contribution < 1.29 is 0 Å². The second-order valence-electron chi connectivity index (χ2n) is 5.30. The van der Waals surface area contributed by atoms with Crippen molar-refractivity contribution in [3.8, 4) is 0 Å². The molecule has 1 aliphatic rings. The van der Waals surface area contributed by atoms with Gasteiger partial charge in [-0.2, -0.15) is 0 Å². The first-order valence-electron chi connectivity index (χ1n) is 6.55. The Bertz CT molecular complexity index is 354. The van der Waals surface area contributed by atoms with Gasteiger partial charge in [0.05, 0.1) is 0 Å². The van der Waals surface area contributed by atoms with Crippen LogP contribution < -0.4 is 5.32 Å². The van der Waals surface area contributed by atoms with Crippen LogP contribution in [0.25, 0.3) is 0 Å². The smallest absolute Gasteiger partial charge is 0.0320 e. The molecule has 1 atom stereocenters. The zero-order chi connectivity index (χ0) is 11.5. The predicted molar refractivity (Wildman–Crippen MR) is 69.7 cm³/mol. The predicted octanol–water partition coefficient (Wildman–Crippen LogP) is 3.48. The highest BCUT2D eigenvalue weighted by Crippen LogP contribution is 2.26. The molecule has 1 aromatic rings. The third-order valence-electron chi connectivity index (χ3n) is 3.42. The lowest BCUT2D eigenvalue weighted by Crippen LogP contribution is -2.29. The van der Waals surface area contributed by atoms with Crippen molar-refractivity contribution in [3.63, 3.8) is 0 Å². The van der Waals surface area contributed by atoms with Gasteiger partial charge in [0, 0.05) is 6.04 Å². The van der Waals surface area contributed by atoms with Crippen LogP contribution >= 0.6 is 0 Å². The van der Waals surface area contributed by atoms with E-state index in [9.17, 15) is 0 Å². The second kappa shape index (κ2) is 5.01. The molecule has 0 spiro atoms. The molecule has 1 nitrogen and oxygen atoms in total. The number of rotatable bonds is 3. The summed E-state index contributed by atoms with van der Waals surface area (Å²) in [7, 11) is 0. The molecule has 88 valence electrons. The maximum atomic E-state index is 3.61. The SMILES string of the molecule is CCC1NCCc2ccc(CC(C)C)cc21. The third kappa shape index (κ3) is 2.46. The van der Waals surface area contributed by atoms with Crippen LogP contribution in [0.1, 0.15) is 49.9 Å². The van der Waals surface area contributed by atoms with Gasteiger partial charge in [0.2, 0.25) is 0 Å². The molecule has 0 bridgehead atoms. The topological polar surface area (TPSA) is 12.0 Å². The summed E-state index contributed by atoms with van der Waals surface area (Å²) >= 11 is 0. The zero-order valence-electron chi connectivity index (χ0n) is 10.7. The fourth-order valence-electron chi connectivity index (χ4n) is 2.65. The molecule has 0 fully saturated rings. The van der Waals surface area contributed by atoms with Crippen molar-refractivity contribution in [2.75, 3.05) is 6.54 Å². The quantitative estimate of drug-likeness (QED) is 0.817. The van der Waals surface area contributed by atoms with Gasteiger partial charge < -0.3 is 5.32 Å². The van der Waals surface area contributed by atoms with Gasteiger partial charge in [-0.15, -0.1) is 0 Å². The van der Waals surface area contributed by atoms with E-state index in [0.717, 1.165) is 12.5 Å². The molecular weight excluding hydrogens is 194 g/mol. The molecule has 1 N–H and O–H groups in total. The van der Waals surface area contributed by atoms with Gasteiger partial charge in [0.1, 0.15) is 0 Å². The number of benzene rings is 1. The monoisotopic (exact) mass is 217 g/mol. The van der Waals surface area contributed by atoms with E-state index < -0.39 is 0 Å². The molecular formula is C15H23N. The first kappa shape index (κ1) is 11.7. The Labute approximate surface area is 99.3 Å². The van der Waals surface area contributed by atoms with Crippen LogP contribution in [-0.2, 0) is 12.8 Å². The van der Waals surface area contributed by atoms with E-state index in [-0.39, 0.29) is 0 Å². The van der Waals surface area contributed by atoms with E-state index in [1.54, 1.807) is 11.1 Å². The summed E-state index contributed by atoms with van der Waals surface area (Å²) in [6, 6.07) is 7.67. The summed E-state index contributed by atoms with van der Waals surface area (Å²) in [6.07, 6.45) is 3.58. The molecule has 0 amide bonds. The first-order chi connectivity index (χ1) is 7.70. The number of fused-ring (bicyclic) bond motifs is 1. The summed E-state index contributed by atoms with van der Waals surface area (Å²) in [5.74, 6) is 0.745. The molecule has 0 aliphatic carbocycles. The average Bonchev–Trinajstić information content (AvgIpc) is 2.27. The Balaban J connectivity index is 2.27. The molecule has 0 saturated heterocycles. The van der Waals surface area contributed by atoms with Crippen molar-refractivity contribution in [2.24, 2.45) is 5.92 Å². The van der Waals surface area contributed by atoms with Crippen molar-refractivity contribution in [1.82, 2.24) is 5.32 Å². The summed E-state index contributed by atoms with van der Waals surface area (Å²) < 4.78 is 0.